The lowest BCUT2D eigenvalue weighted by molar-refractivity contribution is 0.0787. The first-order valence-electron chi connectivity index (χ1n) is 8.73. The molecule has 0 fully saturated rings. The van der Waals surface area contributed by atoms with Gasteiger partial charge in [0.2, 0.25) is 0 Å². The van der Waals surface area contributed by atoms with Crippen LogP contribution in [0, 0.1) is 12.7 Å². The molecule has 0 spiro atoms. The number of aryl methyl sites for hydroxylation is 1. The van der Waals surface area contributed by atoms with Crippen LogP contribution in [0.3, 0.4) is 0 Å². The molecular formula is C21H20BrFN2O3S. The lowest BCUT2D eigenvalue weighted by Crippen LogP contribution is -2.26. The second kappa shape index (κ2) is 8.92. The van der Waals surface area contributed by atoms with Crippen molar-refractivity contribution < 1.29 is 18.7 Å². The summed E-state index contributed by atoms with van der Waals surface area (Å²) in [6, 6.07) is 10.2. The molecule has 5 nitrogen and oxygen atoms in total. The highest BCUT2D eigenvalue weighted by atomic mass is 79.9. The monoisotopic (exact) mass is 478 g/mol. The minimum Gasteiger partial charge on any atom is -0.493 e. The molecule has 8 heteroatoms. The van der Waals surface area contributed by atoms with E-state index in [0.29, 0.717) is 32.6 Å². The van der Waals surface area contributed by atoms with Crippen molar-refractivity contribution in [3.63, 3.8) is 0 Å². The molecule has 3 aromatic rings. The lowest BCUT2D eigenvalue weighted by atomic mass is 10.2. The summed E-state index contributed by atoms with van der Waals surface area (Å²) in [6.45, 7) is 1.95. The Hall–Kier alpha value is -2.45. The third kappa shape index (κ3) is 4.59. The second-order valence-electron chi connectivity index (χ2n) is 6.40. The van der Waals surface area contributed by atoms with Crippen molar-refractivity contribution in [2.45, 2.75) is 13.5 Å². The Morgan fingerprint density at radius 2 is 1.90 bits per heavy atom. The van der Waals surface area contributed by atoms with Crippen molar-refractivity contribution in [1.82, 2.24) is 9.88 Å². The highest BCUT2D eigenvalue weighted by Crippen LogP contribution is 2.35. The number of hydrogen-bond acceptors (Lipinski definition) is 5. The minimum absolute atomic E-state index is 0.160. The number of aromatic nitrogens is 1. The number of hydrogen-bond donors (Lipinski definition) is 0. The summed E-state index contributed by atoms with van der Waals surface area (Å²) in [7, 11) is 4.80. The van der Waals surface area contributed by atoms with E-state index in [-0.39, 0.29) is 18.3 Å². The maximum absolute atomic E-state index is 14.0. The van der Waals surface area contributed by atoms with Crippen molar-refractivity contribution in [2.24, 2.45) is 0 Å². The molecule has 0 aliphatic rings. The van der Waals surface area contributed by atoms with Crippen LogP contribution in [-0.2, 0) is 6.54 Å². The summed E-state index contributed by atoms with van der Waals surface area (Å²) in [6.07, 6.45) is 0. The summed E-state index contributed by atoms with van der Waals surface area (Å²) in [5.41, 5.74) is 1.90. The molecule has 0 saturated heterocycles. The summed E-state index contributed by atoms with van der Waals surface area (Å²) in [4.78, 5) is 19.5. The Kier molecular flexibility index (Phi) is 6.54. The van der Waals surface area contributed by atoms with Gasteiger partial charge in [0.05, 0.1) is 19.9 Å². The number of rotatable bonds is 6. The van der Waals surface area contributed by atoms with Gasteiger partial charge in [-0.3, -0.25) is 4.79 Å². The van der Waals surface area contributed by atoms with E-state index in [9.17, 15) is 9.18 Å². The van der Waals surface area contributed by atoms with E-state index in [0.717, 1.165) is 10.0 Å². The minimum atomic E-state index is -0.347. The van der Waals surface area contributed by atoms with E-state index in [1.54, 1.807) is 46.4 Å². The SMILES string of the molecule is COc1ccc(-c2nc(C)c(C(=O)N(C)Cc3cc(Br)ccc3F)s2)cc1OC. The molecule has 1 amide bonds. The van der Waals surface area contributed by atoms with Crippen molar-refractivity contribution in [3.8, 4) is 22.1 Å². The zero-order valence-electron chi connectivity index (χ0n) is 16.5. The molecule has 0 saturated carbocycles. The van der Waals surface area contributed by atoms with Crippen molar-refractivity contribution in [3.05, 3.63) is 62.8 Å². The molecule has 0 atom stereocenters. The first kappa shape index (κ1) is 21.3. The quantitative estimate of drug-likeness (QED) is 0.481. The number of ether oxygens (including phenoxy) is 2. The zero-order chi connectivity index (χ0) is 21.1. The predicted molar refractivity (Wildman–Crippen MR) is 115 cm³/mol. The third-order valence-corrected chi connectivity index (χ3v) is 6.07. The fourth-order valence-electron chi connectivity index (χ4n) is 2.85. The zero-order valence-corrected chi connectivity index (χ0v) is 18.9. The number of benzene rings is 2. The van der Waals surface area contributed by atoms with E-state index in [1.807, 2.05) is 12.1 Å². The Balaban J connectivity index is 1.86. The van der Waals surface area contributed by atoms with Crippen molar-refractivity contribution >= 4 is 33.2 Å². The molecule has 1 aromatic heterocycles. The van der Waals surface area contributed by atoms with Crippen LogP contribution in [0.5, 0.6) is 11.5 Å². The fourth-order valence-corrected chi connectivity index (χ4v) is 4.32. The van der Waals surface area contributed by atoms with Gasteiger partial charge in [-0.1, -0.05) is 15.9 Å². The van der Waals surface area contributed by atoms with Gasteiger partial charge in [-0.2, -0.15) is 0 Å². The number of amides is 1. The summed E-state index contributed by atoms with van der Waals surface area (Å²) in [5.74, 6) is 0.663. The van der Waals surface area contributed by atoms with Crippen LogP contribution in [0.1, 0.15) is 20.9 Å². The molecule has 29 heavy (non-hydrogen) atoms. The number of methoxy groups -OCH3 is 2. The van der Waals surface area contributed by atoms with E-state index >= 15 is 0 Å². The number of nitrogens with zero attached hydrogens (tertiary/aromatic N) is 2. The second-order valence-corrected chi connectivity index (χ2v) is 8.32. The topological polar surface area (TPSA) is 51.7 Å². The van der Waals surface area contributed by atoms with Gasteiger partial charge in [0.25, 0.3) is 5.91 Å². The highest BCUT2D eigenvalue weighted by Gasteiger charge is 2.21. The molecule has 0 unspecified atom stereocenters. The van der Waals surface area contributed by atoms with Gasteiger partial charge in [0.1, 0.15) is 15.7 Å². The molecule has 3 rings (SSSR count). The van der Waals surface area contributed by atoms with Crippen LogP contribution in [-0.4, -0.2) is 37.1 Å². The van der Waals surface area contributed by atoms with Crippen LogP contribution in [0.25, 0.3) is 10.6 Å². The summed E-state index contributed by atoms with van der Waals surface area (Å²) in [5, 5.41) is 0.703. The van der Waals surface area contributed by atoms with E-state index in [2.05, 4.69) is 20.9 Å². The smallest absolute Gasteiger partial charge is 0.265 e. The molecule has 0 radical (unpaired) electrons. The molecule has 0 aliphatic heterocycles. The van der Waals surface area contributed by atoms with Crippen LogP contribution < -0.4 is 9.47 Å². The lowest BCUT2D eigenvalue weighted by Gasteiger charge is -2.17. The summed E-state index contributed by atoms with van der Waals surface area (Å²) >= 11 is 4.63. The predicted octanol–water partition coefficient (Wildman–Crippen LogP) is 5.31. The van der Waals surface area contributed by atoms with Gasteiger partial charge in [-0.15, -0.1) is 11.3 Å². The molecular weight excluding hydrogens is 459 g/mol. The van der Waals surface area contributed by atoms with E-state index < -0.39 is 0 Å². The van der Waals surface area contributed by atoms with Gasteiger partial charge in [0.15, 0.2) is 11.5 Å². The van der Waals surface area contributed by atoms with Crippen molar-refractivity contribution in [1.29, 1.82) is 0 Å². The standard InChI is InChI=1S/C21H20BrFN2O3S/c1-12-19(21(26)25(2)11-14-9-15(22)6-7-16(14)23)29-20(24-12)13-5-8-17(27-3)18(10-13)28-4/h5-10H,11H2,1-4H3. The van der Waals surface area contributed by atoms with Crippen LogP contribution in [0.15, 0.2) is 40.9 Å². The normalized spacial score (nSPS) is 10.7. The average Bonchev–Trinajstić information content (AvgIpc) is 3.11. The first-order valence-corrected chi connectivity index (χ1v) is 10.3. The van der Waals surface area contributed by atoms with Gasteiger partial charge in [0, 0.05) is 29.2 Å². The van der Waals surface area contributed by atoms with Crippen LogP contribution >= 0.6 is 27.3 Å². The van der Waals surface area contributed by atoms with Gasteiger partial charge < -0.3 is 14.4 Å². The van der Waals surface area contributed by atoms with Crippen molar-refractivity contribution in [2.75, 3.05) is 21.3 Å². The Morgan fingerprint density at radius 3 is 2.59 bits per heavy atom. The molecule has 0 bridgehead atoms. The molecule has 0 aliphatic carbocycles. The maximum Gasteiger partial charge on any atom is 0.265 e. The van der Waals surface area contributed by atoms with Gasteiger partial charge >= 0.3 is 0 Å². The number of carbonyl (C=O) groups is 1. The number of carbonyl (C=O) groups excluding carboxylic acids is 1. The van der Waals surface area contributed by atoms with Gasteiger partial charge in [-0.25, -0.2) is 9.37 Å². The number of thiazole rings is 1. The Morgan fingerprint density at radius 1 is 1.17 bits per heavy atom. The molecule has 1 heterocycles. The highest BCUT2D eigenvalue weighted by molar-refractivity contribution is 9.10. The molecule has 2 aromatic carbocycles. The maximum atomic E-state index is 14.0. The molecule has 0 N–H and O–H groups in total. The fraction of sp³-hybridized carbons (Fsp3) is 0.238. The third-order valence-electron chi connectivity index (χ3n) is 4.38. The number of halogens is 2. The Bertz CT molecular complexity index is 1050. The first-order chi connectivity index (χ1) is 13.8. The van der Waals surface area contributed by atoms with Crippen LogP contribution in [0.4, 0.5) is 4.39 Å². The van der Waals surface area contributed by atoms with Crippen LogP contribution in [0.2, 0.25) is 0 Å². The molecule has 152 valence electrons. The van der Waals surface area contributed by atoms with Gasteiger partial charge in [-0.05, 0) is 43.3 Å². The summed E-state index contributed by atoms with van der Waals surface area (Å²) < 4.78 is 25.4. The Labute approximate surface area is 181 Å². The largest absolute Gasteiger partial charge is 0.493 e. The average molecular weight is 479 g/mol. The van der Waals surface area contributed by atoms with E-state index in [1.165, 1.54) is 22.3 Å². The van der Waals surface area contributed by atoms with E-state index in [4.69, 9.17) is 9.47 Å².